The van der Waals surface area contributed by atoms with Gasteiger partial charge in [-0.1, -0.05) is 0 Å². The van der Waals surface area contributed by atoms with Crippen molar-refractivity contribution < 1.29 is 24.4 Å². The first-order valence-corrected chi connectivity index (χ1v) is 7.09. The van der Waals surface area contributed by atoms with E-state index in [4.69, 9.17) is 0 Å². The van der Waals surface area contributed by atoms with Crippen molar-refractivity contribution in [1.29, 1.82) is 0 Å². The van der Waals surface area contributed by atoms with E-state index in [9.17, 15) is 24.8 Å². The van der Waals surface area contributed by atoms with Gasteiger partial charge in [-0.2, -0.15) is 0 Å². The van der Waals surface area contributed by atoms with Gasteiger partial charge in [0.2, 0.25) is 0 Å². The minimum Gasteiger partial charge on any atom is -0.506 e. The van der Waals surface area contributed by atoms with E-state index in [-0.39, 0.29) is 32.7 Å². The van der Waals surface area contributed by atoms with E-state index in [0.717, 1.165) is 12.1 Å². The van der Waals surface area contributed by atoms with Crippen LogP contribution in [-0.2, 0) is 9.53 Å². The third-order valence-electron chi connectivity index (χ3n) is 3.27. The van der Waals surface area contributed by atoms with E-state index in [1.807, 2.05) is 0 Å². The topological polar surface area (TPSA) is 131 Å². The number of phenolic OH excluding ortho intramolecular Hbond substituents is 1. The molecule has 1 atom stereocenters. The van der Waals surface area contributed by atoms with Crippen molar-refractivity contribution in [3.8, 4) is 5.75 Å². The molecule has 9 nitrogen and oxygen atoms in total. The van der Waals surface area contributed by atoms with Gasteiger partial charge in [0, 0.05) is 23.4 Å². The summed E-state index contributed by atoms with van der Waals surface area (Å²) in [5, 5.41) is 26.1. The summed E-state index contributed by atoms with van der Waals surface area (Å²) < 4.78 is 4.75. The molecule has 0 saturated heterocycles. The number of phenols is 1. The quantitative estimate of drug-likeness (QED) is 0.413. The van der Waals surface area contributed by atoms with Crippen LogP contribution >= 0.6 is 15.9 Å². The number of nitro groups is 1. The highest BCUT2D eigenvalue weighted by Gasteiger charge is 2.35. The van der Waals surface area contributed by atoms with Gasteiger partial charge in [-0.3, -0.25) is 10.1 Å². The van der Waals surface area contributed by atoms with Gasteiger partial charge >= 0.3 is 12.0 Å². The van der Waals surface area contributed by atoms with Crippen molar-refractivity contribution in [3.05, 3.63) is 43.6 Å². The summed E-state index contributed by atoms with van der Waals surface area (Å²) in [4.78, 5) is 34.0. The third kappa shape index (κ3) is 3.11. The van der Waals surface area contributed by atoms with Crippen LogP contribution in [0.1, 0.15) is 18.5 Å². The van der Waals surface area contributed by atoms with Crippen molar-refractivity contribution in [2.45, 2.75) is 13.0 Å². The molecule has 0 aliphatic carbocycles. The van der Waals surface area contributed by atoms with Crippen molar-refractivity contribution in [1.82, 2.24) is 10.6 Å². The number of carbonyl (C=O) groups is 2. The smallest absolute Gasteiger partial charge is 0.337 e. The second kappa shape index (κ2) is 6.24. The van der Waals surface area contributed by atoms with Crippen LogP contribution in [0.4, 0.5) is 10.5 Å². The molecule has 0 radical (unpaired) electrons. The number of nitrogens with one attached hydrogen (secondary N) is 2. The van der Waals surface area contributed by atoms with Crippen LogP contribution in [0.5, 0.6) is 5.75 Å². The first kappa shape index (κ1) is 16.7. The molecule has 1 unspecified atom stereocenters. The minimum atomic E-state index is -1.09. The van der Waals surface area contributed by atoms with Crippen molar-refractivity contribution >= 4 is 33.6 Å². The zero-order valence-electron chi connectivity index (χ0n) is 12.0. The zero-order chi connectivity index (χ0) is 17.3. The molecular weight excluding hydrogens is 374 g/mol. The molecule has 1 aromatic carbocycles. The number of hydrogen-bond acceptors (Lipinski definition) is 6. The van der Waals surface area contributed by atoms with Gasteiger partial charge in [0.15, 0.2) is 0 Å². The van der Waals surface area contributed by atoms with E-state index in [0.29, 0.717) is 0 Å². The van der Waals surface area contributed by atoms with Gasteiger partial charge in [0.1, 0.15) is 5.75 Å². The normalized spacial score (nSPS) is 17.3. The average molecular weight is 386 g/mol. The van der Waals surface area contributed by atoms with Crippen LogP contribution in [0.3, 0.4) is 0 Å². The zero-order valence-corrected chi connectivity index (χ0v) is 13.6. The van der Waals surface area contributed by atoms with Gasteiger partial charge in [-0.05, 0) is 22.9 Å². The Morgan fingerprint density at radius 2 is 2.13 bits per heavy atom. The summed E-state index contributed by atoms with van der Waals surface area (Å²) in [7, 11) is 1.17. The monoisotopic (exact) mass is 385 g/mol. The highest BCUT2D eigenvalue weighted by molar-refractivity contribution is 9.10. The predicted molar refractivity (Wildman–Crippen MR) is 81.6 cm³/mol. The number of non-ortho nitro benzene ring substituents is 1. The Morgan fingerprint density at radius 3 is 2.70 bits per heavy atom. The van der Waals surface area contributed by atoms with E-state index >= 15 is 0 Å². The molecule has 1 heterocycles. The SMILES string of the molecule is COC(=O)C1=C(C)NC(=O)NC1c1cc([N+](=O)[O-])cc(Br)c1O. The molecule has 122 valence electrons. The molecule has 2 amide bonds. The lowest BCUT2D eigenvalue weighted by molar-refractivity contribution is -0.385. The molecule has 1 aromatic rings. The summed E-state index contributed by atoms with van der Waals surface area (Å²) in [6, 6.07) is 0.512. The number of ether oxygens (including phenoxy) is 1. The maximum Gasteiger partial charge on any atom is 0.337 e. The second-order valence-corrected chi connectivity index (χ2v) is 5.54. The molecule has 2 rings (SSSR count). The van der Waals surface area contributed by atoms with Gasteiger partial charge in [0.25, 0.3) is 5.69 Å². The molecule has 0 spiro atoms. The molecular formula is C13H12BrN3O6. The average Bonchev–Trinajstić information content (AvgIpc) is 2.48. The lowest BCUT2D eigenvalue weighted by Crippen LogP contribution is -2.45. The highest BCUT2D eigenvalue weighted by atomic mass is 79.9. The number of esters is 1. The van der Waals surface area contributed by atoms with Crippen molar-refractivity contribution in [2.24, 2.45) is 0 Å². The van der Waals surface area contributed by atoms with Crippen molar-refractivity contribution in [2.75, 3.05) is 7.11 Å². The molecule has 0 aromatic heterocycles. The Bertz CT molecular complexity index is 745. The van der Waals surface area contributed by atoms with Crippen molar-refractivity contribution in [3.63, 3.8) is 0 Å². The van der Waals surface area contributed by atoms with Crippen LogP contribution in [0, 0.1) is 10.1 Å². The van der Waals surface area contributed by atoms with Crippen LogP contribution in [0.2, 0.25) is 0 Å². The van der Waals surface area contributed by atoms with Crippen LogP contribution in [-0.4, -0.2) is 29.1 Å². The first-order valence-electron chi connectivity index (χ1n) is 6.29. The van der Waals surface area contributed by atoms with Crippen LogP contribution in [0.25, 0.3) is 0 Å². The summed E-state index contributed by atoms with van der Waals surface area (Å²) >= 11 is 3.02. The van der Waals surface area contributed by atoms with E-state index in [1.54, 1.807) is 0 Å². The lowest BCUT2D eigenvalue weighted by atomic mass is 9.94. The van der Waals surface area contributed by atoms with Gasteiger partial charge in [-0.25, -0.2) is 9.59 Å². The fraction of sp³-hybridized carbons (Fsp3) is 0.231. The number of nitro benzene ring substituents is 1. The number of aromatic hydroxyl groups is 1. The van der Waals surface area contributed by atoms with Crippen LogP contribution in [0.15, 0.2) is 27.9 Å². The molecule has 0 saturated carbocycles. The maximum absolute atomic E-state index is 12.0. The van der Waals surface area contributed by atoms with E-state index < -0.39 is 23.0 Å². The molecule has 10 heteroatoms. The second-order valence-electron chi connectivity index (χ2n) is 4.68. The van der Waals surface area contributed by atoms with Gasteiger partial charge in [0.05, 0.1) is 28.1 Å². The van der Waals surface area contributed by atoms with E-state index in [1.165, 1.54) is 14.0 Å². The minimum absolute atomic E-state index is 0.000625. The van der Waals surface area contributed by atoms with Crippen LogP contribution < -0.4 is 10.6 Å². The molecule has 0 bridgehead atoms. The maximum atomic E-state index is 12.0. The number of nitrogens with zero attached hydrogens (tertiary/aromatic N) is 1. The highest BCUT2D eigenvalue weighted by Crippen LogP contribution is 2.39. The summed E-state index contributed by atoms with van der Waals surface area (Å²) in [6.07, 6.45) is 0. The fourth-order valence-electron chi connectivity index (χ4n) is 2.24. The Morgan fingerprint density at radius 1 is 1.48 bits per heavy atom. The van der Waals surface area contributed by atoms with Gasteiger partial charge < -0.3 is 20.5 Å². The summed E-state index contributed by atoms with van der Waals surface area (Å²) in [5.74, 6) is -1.06. The Balaban J connectivity index is 2.67. The fourth-order valence-corrected chi connectivity index (χ4v) is 2.70. The molecule has 23 heavy (non-hydrogen) atoms. The number of methoxy groups -OCH3 is 1. The molecule has 3 N–H and O–H groups in total. The number of hydrogen-bond donors (Lipinski definition) is 3. The Kier molecular flexibility index (Phi) is 4.55. The standard InChI is InChI=1S/C13H12BrN3O6/c1-5-9(12(19)23-2)10(16-13(20)15-5)7-3-6(17(21)22)4-8(14)11(7)18/h3-4,10,18H,1-2H3,(H2,15,16,20). The number of allylic oxidation sites excluding steroid dienone is 1. The third-order valence-corrected chi connectivity index (χ3v) is 3.88. The molecule has 1 aliphatic rings. The predicted octanol–water partition coefficient (Wildman–Crippen LogP) is 1.86. The first-order chi connectivity index (χ1) is 10.8. The number of urea groups is 1. The summed E-state index contributed by atoms with van der Waals surface area (Å²) in [5.41, 5.74) is -0.0394. The number of halogens is 1. The molecule has 1 aliphatic heterocycles. The Labute approximate surface area is 138 Å². The number of benzene rings is 1. The largest absolute Gasteiger partial charge is 0.506 e. The molecule has 0 fully saturated rings. The number of amides is 2. The summed E-state index contributed by atoms with van der Waals surface area (Å²) in [6.45, 7) is 1.49. The number of carbonyl (C=O) groups excluding carboxylic acids is 2. The van der Waals surface area contributed by atoms with E-state index in [2.05, 4.69) is 31.3 Å². The lowest BCUT2D eigenvalue weighted by Gasteiger charge is -2.28. The van der Waals surface area contributed by atoms with Gasteiger partial charge in [-0.15, -0.1) is 0 Å². The number of rotatable bonds is 3. The Hall–Kier alpha value is -2.62.